The number of hydrogen-bond donors (Lipinski definition) is 4. The number of nitrogens with two attached hydrogens (primary N) is 1. The molecule has 0 saturated carbocycles. The lowest BCUT2D eigenvalue weighted by Gasteiger charge is -2.49. The van der Waals surface area contributed by atoms with Crippen molar-refractivity contribution in [2.24, 2.45) is 5.73 Å². The molecule has 2 aliphatic heterocycles. The minimum absolute atomic E-state index is 0.0626. The third-order valence-electron chi connectivity index (χ3n) is 4.78. The van der Waals surface area contributed by atoms with Crippen molar-refractivity contribution in [1.82, 2.24) is 10.2 Å². The molecule has 2 amide bonds. The average Bonchev–Trinajstić information content (AvgIpc) is 2.76. The predicted molar refractivity (Wildman–Crippen MR) is 122 cm³/mol. The Hall–Kier alpha value is -3.12. The number of carboxylic acid groups (broad SMARTS) is 1. The van der Waals surface area contributed by atoms with Gasteiger partial charge in [0.1, 0.15) is 34.4 Å². The summed E-state index contributed by atoms with van der Waals surface area (Å²) in [4.78, 5) is 38.9. The topological polar surface area (TPSA) is 155 Å². The Labute approximate surface area is 192 Å². The number of β-lactam (4-membered cyclic amide) rings is 1. The molecule has 1 aromatic rings. The van der Waals surface area contributed by atoms with Gasteiger partial charge in [0.05, 0.1) is 20.6 Å². The highest BCUT2D eigenvalue weighted by molar-refractivity contribution is 8.08. The summed E-state index contributed by atoms with van der Waals surface area (Å²) in [6.07, 6.45) is 1.27. The molecule has 0 spiro atoms. The highest BCUT2D eigenvalue weighted by atomic mass is 32.2. The molecule has 170 valence electrons. The number of hydrogen-bond acceptors (Lipinski definition) is 8. The molecule has 12 heteroatoms. The van der Waals surface area contributed by atoms with E-state index >= 15 is 0 Å². The maximum absolute atomic E-state index is 12.7. The Morgan fingerprint density at radius 1 is 1.38 bits per heavy atom. The van der Waals surface area contributed by atoms with Crippen LogP contribution in [0.4, 0.5) is 0 Å². The standard InChI is InChI=1S/C20H22N4O6S2/c1-29-11-4-3-5-12(30-2)10(11)8-15(25)23-16-18(26)24-17(20(27)28)13(9-32-19(16)24)31-7-6-14(21)22/h3-7,16,19H,8-9H2,1-2H3,(H3,21,22)(H,23,25)(H,27,28)/b7-6+/t16?,19-/m1/s1. The molecular weight excluding hydrogens is 456 g/mol. The Bertz CT molecular complexity index is 1000. The van der Waals surface area contributed by atoms with Crippen LogP contribution < -0.4 is 20.5 Å². The van der Waals surface area contributed by atoms with Gasteiger partial charge in [-0.1, -0.05) is 17.8 Å². The molecule has 5 N–H and O–H groups in total. The lowest BCUT2D eigenvalue weighted by atomic mass is 10.0. The van der Waals surface area contributed by atoms with Gasteiger partial charge in [0.15, 0.2) is 0 Å². The van der Waals surface area contributed by atoms with Crippen molar-refractivity contribution in [3.05, 3.63) is 45.8 Å². The summed E-state index contributed by atoms with van der Waals surface area (Å²) < 4.78 is 10.6. The van der Waals surface area contributed by atoms with Gasteiger partial charge >= 0.3 is 5.97 Å². The van der Waals surface area contributed by atoms with Crippen molar-refractivity contribution in [2.45, 2.75) is 17.8 Å². The van der Waals surface area contributed by atoms with E-state index in [1.54, 1.807) is 18.2 Å². The molecule has 0 bridgehead atoms. The molecule has 32 heavy (non-hydrogen) atoms. The van der Waals surface area contributed by atoms with Crippen LogP contribution in [0.15, 0.2) is 40.3 Å². The lowest BCUT2D eigenvalue weighted by Crippen LogP contribution is -2.70. The zero-order chi connectivity index (χ0) is 23.4. The number of carboxylic acids is 1. The third-order valence-corrected chi connectivity index (χ3v) is 7.13. The fourth-order valence-corrected chi connectivity index (χ4v) is 5.70. The first-order valence-electron chi connectivity index (χ1n) is 9.36. The van der Waals surface area contributed by atoms with Gasteiger partial charge in [0, 0.05) is 16.2 Å². The second-order valence-corrected chi connectivity index (χ2v) is 8.83. The van der Waals surface area contributed by atoms with E-state index in [4.69, 9.17) is 20.6 Å². The first-order valence-corrected chi connectivity index (χ1v) is 11.3. The van der Waals surface area contributed by atoms with Crippen LogP contribution in [0.2, 0.25) is 0 Å². The normalized spacial score (nSPS) is 19.9. The number of methoxy groups -OCH3 is 2. The summed E-state index contributed by atoms with van der Waals surface area (Å²) in [5.74, 6) is -0.966. The Morgan fingerprint density at radius 2 is 2.03 bits per heavy atom. The molecule has 2 heterocycles. The molecular formula is C20H22N4O6S2. The SMILES string of the molecule is COc1cccc(OC)c1CC(=O)NC1C(=O)N2C(C(=O)O)=C(S/C=C/C(=N)N)CS[C@H]12. The number of carbonyl (C=O) groups is 3. The number of amidine groups is 1. The number of thioether (sulfide) groups is 2. The molecule has 1 saturated heterocycles. The number of aliphatic carboxylic acids is 1. The lowest BCUT2D eigenvalue weighted by molar-refractivity contribution is -0.150. The van der Waals surface area contributed by atoms with E-state index < -0.39 is 29.2 Å². The maximum atomic E-state index is 12.7. The van der Waals surface area contributed by atoms with Crippen LogP contribution in [0.1, 0.15) is 5.56 Å². The van der Waals surface area contributed by atoms with Gasteiger partial charge in [-0.2, -0.15) is 0 Å². The average molecular weight is 479 g/mol. The van der Waals surface area contributed by atoms with E-state index in [0.29, 0.717) is 27.7 Å². The number of nitrogens with zero attached hydrogens (tertiary/aromatic N) is 1. The Morgan fingerprint density at radius 3 is 2.59 bits per heavy atom. The van der Waals surface area contributed by atoms with E-state index in [1.807, 2.05) is 0 Å². The highest BCUT2D eigenvalue weighted by Crippen LogP contribution is 2.43. The first-order chi connectivity index (χ1) is 15.3. The maximum Gasteiger partial charge on any atom is 0.353 e. The minimum atomic E-state index is -1.23. The summed E-state index contributed by atoms with van der Waals surface area (Å²) in [5.41, 5.74) is 5.70. The number of ether oxygens (including phenoxy) is 2. The largest absolute Gasteiger partial charge is 0.496 e. The molecule has 2 aliphatic rings. The summed E-state index contributed by atoms with van der Waals surface area (Å²) >= 11 is 2.45. The zero-order valence-corrected chi connectivity index (χ0v) is 18.9. The third kappa shape index (κ3) is 4.70. The molecule has 3 rings (SSSR count). The number of benzene rings is 1. The summed E-state index contributed by atoms with van der Waals surface area (Å²) in [6.45, 7) is 0. The van der Waals surface area contributed by atoms with Crippen molar-refractivity contribution in [3.8, 4) is 11.5 Å². The molecule has 0 aromatic heterocycles. The molecule has 10 nitrogen and oxygen atoms in total. The second-order valence-electron chi connectivity index (χ2n) is 6.73. The summed E-state index contributed by atoms with van der Waals surface area (Å²) in [6, 6.07) is 4.33. The number of nitrogens with one attached hydrogen (secondary N) is 2. The van der Waals surface area contributed by atoms with Crippen molar-refractivity contribution in [3.63, 3.8) is 0 Å². The van der Waals surface area contributed by atoms with Crippen LogP contribution in [0.3, 0.4) is 0 Å². The van der Waals surface area contributed by atoms with Crippen LogP contribution in [-0.4, -0.2) is 65.0 Å². The van der Waals surface area contributed by atoms with Gasteiger partial charge in [0.25, 0.3) is 5.91 Å². The number of amides is 2. The van der Waals surface area contributed by atoms with Crippen LogP contribution >= 0.6 is 23.5 Å². The molecule has 1 aromatic carbocycles. The minimum Gasteiger partial charge on any atom is -0.496 e. The second kappa shape index (κ2) is 10.0. The van der Waals surface area contributed by atoms with E-state index in [9.17, 15) is 19.5 Å². The van der Waals surface area contributed by atoms with E-state index in [-0.39, 0.29) is 18.0 Å². The molecule has 1 fully saturated rings. The van der Waals surface area contributed by atoms with E-state index in [1.165, 1.54) is 42.4 Å². The van der Waals surface area contributed by atoms with Crippen LogP contribution in [0.25, 0.3) is 0 Å². The number of carbonyl (C=O) groups excluding carboxylic acids is 2. The van der Waals surface area contributed by atoms with Crippen molar-refractivity contribution in [1.29, 1.82) is 5.41 Å². The zero-order valence-electron chi connectivity index (χ0n) is 17.3. The van der Waals surface area contributed by atoms with Gasteiger partial charge in [-0.25, -0.2) is 4.79 Å². The number of rotatable bonds is 9. The number of fused-ring (bicyclic) bond motifs is 1. The monoisotopic (exact) mass is 478 g/mol. The van der Waals surface area contributed by atoms with Gasteiger partial charge < -0.3 is 25.6 Å². The van der Waals surface area contributed by atoms with Gasteiger partial charge in [-0.15, -0.1) is 11.8 Å². The summed E-state index contributed by atoms with van der Waals surface area (Å²) in [5, 5.41) is 20.6. The van der Waals surface area contributed by atoms with Crippen LogP contribution in [0, 0.1) is 5.41 Å². The molecule has 2 atom stereocenters. The van der Waals surface area contributed by atoms with Gasteiger partial charge in [-0.3, -0.25) is 19.9 Å². The molecule has 1 unspecified atom stereocenters. The van der Waals surface area contributed by atoms with E-state index in [2.05, 4.69) is 5.32 Å². The fraction of sp³-hybridized carbons (Fsp3) is 0.300. The molecule has 0 aliphatic carbocycles. The smallest absolute Gasteiger partial charge is 0.353 e. The quantitative estimate of drug-likeness (QED) is 0.232. The van der Waals surface area contributed by atoms with Crippen molar-refractivity contribution in [2.75, 3.05) is 20.0 Å². The predicted octanol–water partition coefficient (Wildman–Crippen LogP) is 1.13. The van der Waals surface area contributed by atoms with Crippen LogP contribution in [-0.2, 0) is 20.8 Å². The molecule has 0 radical (unpaired) electrons. The first kappa shape index (κ1) is 23.5. The Kier molecular flexibility index (Phi) is 7.36. The van der Waals surface area contributed by atoms with E-state index in [0.717, 1.165) is 11.8 Å². The van der Waals surface area contributed by atoms with Gasteiger partial charge in [0.2, 0.25) is 5.91 Å². The van der Waals surface area contributed by atoms with Crippen molar-refractivity contribution < 1.29 is 29.0 Å². The summed E-state index contributed by atoms with van der Waals surface area (Å²) in [7, 11) is 2.98. The Balaban J connectivity index is 1.73. The van der Waals surface area contributed by atoms with Crippen LogP contribution in [0.5, 0.6) is 11.5 Å². The highest BCUT2D eigenvalue weighted by Gasteiger charge is 2.54. The fourth-order valence-electron chi connectivity index (χ4n) is 3.36. The van der Waals surface area contributed by atoms with Gasteiger partial charge in [-0.05, 0) is 23.6 Å². The van der Waals surface area contributed by atoms with Crippen molar-refractivity contribution >= 4 is 47.1 Å².